The molecule has 0 spiro atoms. The number of piperazine rings is 1. The zero-order valence-corrected chi connectivity index (χ0v) is 42.4. The number of ether oxygens (including phenoxy) is 1. The molecule has 7 aromatic rings. The van der Waals surface area contributed by atoms with Gasteiger partial charge in [-0.15, -0.1) is 0 Å². The van der Waals surface area contributed by atoms with E-state index in [-0.39, 0.29) is 29.8 Å². The normalized spacial score (nSPS) is 13.9. The van der Waals surface area contributed by atoms with Crippen LogP contribution in [0, 0.1) is 11.3 Å². The first kappa shape index (κ1) is 50.1. The van der Waals surface area contributed by atoms with Crippen molar-refractivity contribution < 1.29 is 28.2 Å². The highest BCUT2D eigenvalue weighted by Crippen LogP contribution is 2.46. The van der Waals surface area contributed by atoms with Gasteiger partial charge in [0.2, 0.25) is 17.7 Å². The highest BCUT2D eigenvalue weighted by atomic mass is 31.2. The van der Waals surface area contributed by atoms with Crippen molar-refractivity contribution in [2.75, 3.05) is 57.9 Å². The first-order valence-corrected chi connectivity index (χ1v) is 25.4. The molecule has 1 saturated heterocycles. The zero-order valence-electron chi connectivity index (χ0n) is 41.5. The fourth-order valence-corrected chi connectivity index (χ4v) is 10.8. The summed E-state index contributed by atoms with van der Waals surface area (Å²) in [7, 11) is 0.898. The summed E-state index contributed by atoms with van der Waals surface area (Å²) in [5.74, 6) is 1.58. The van der Waals surface area contributed by atoms with Gasteiger partial charge in [-0.25, -0.2) is 19.6 Å². The number of carbonyl (C=O) groups is 3. The summed E-state index contributed by atoms with van der Waals surface area (Å²) < 4.78 is 25.3. The topological polar surface area (TPSA) is 166 Å². The van der Waals surface area contributed by atoms with E-state index in [2.05, 4.69) is 67.4 Å². The lowest BCUT2D eigenvalue weighted by atomic mass is 10.2. The Morgan fingerprint density at radius 1 is 0.614 bits per heavy atom. The van der Waals surface area contributed by atoms with Crippen LogP contribution < -0.4 is 9.64 Å². The van der Waals surface area contributed by atoms with E-state index in [1.54, 1.807) is 13.7 Å². The molecule has 1 aliphatic heterocycles. The molecule has 0 aliphatic carbocycles. The standard InChI is InChI=1S/C53H63N10O6P/c1-35(2)63(36(3)4)70(69-31-13-24-54)68-30-12-10-9-11-29-67-44-19-14-40(15-20-44)51-55-45-32-41(16-21-48(45)60(51)37(5)64)52-56-46-33-42(17-22-49(46)61(52)38(6)65)53-57-47-34-43(59-27-25-58(8)26-28-59)18-23-50(47)62(53)39(7)66/h14-23,32-36H,9-13,25-31H2,1-8H3. The Bertz CT molecular complexity index is 3040. The van der Waals surface area contributed by atoms with Crippen LogP contribution in [0.4, 0.5) is 5.69 Å². The molecule has 70 heavy (non-hydrogen) atoms. The number of hydrogen-bond acceptors (Lipinski definition) is 13. The first-order chi connectivity index (χ1) is 33.7. The van der Waals surface area contributed by atoms with Crippen LogP contribution in [0.1, 0.15) is 95.0 Å². The third-order valence-electron chi connectivity index (χ3n) is 12.6. The molecule has 16 nitrogen and oxygen atoms in total. The Morgan fingerprint density at radius 2 is 1.07 bits per heavy atom. The van der Waals surface area contributed by atoms with Gasteiger partial charge in [0.1, 0.15) is 23.2 Å². The summed E-state index contributed by atoms with van der Waals surface area (Å²) >= 11 is 0. The molecule has 4 aromatic carbocycles. The summed E-state index contributed by atoms with van der Waals surface area (Å²) in [6.45, 7) is 18.4. The predicted molar refractivity (Wildman–Crippen MR) is 276 cm³/mol. The maximum absolute atomic E-state index is 13.3. The summed E-state index contributed by atoms with van der Waals surface area (Å²) in [6, 6.07) is 27.5. The SMILES string of the molecule is CC(=O)n1c(-c2ccc(OCCCCCCOP(OCCC#N)N(C(C)C)C(C)C)cc2)nc2cc(-c3nc4cc(-c5nc6cc(N7CCN(C)CC7)ccc6n5C(C)=O)ccc4n3C(C)=O)ccc21. The van der Waals surface area contributed by atoms with Crippen molar-refractivity contribution in [3.05, 3.63) is 78.9 Å². The fourth-order valence-electron chi connectivity index (χ4n) is 9.21. The van der Waals surface area contributed by atoms with E-state index in [0.717, 1.165) is 79.9 Å². The smallest absolute Gasteiger partial charge is 0.259 e. The fraction of sp³-hybridized carbons (Fsp3) is 0.415. The molecule has 0 radical (unpaired) electrons. The Labute approximate surface area is 410 Å². The van der Waals surface area contributed by atoms with Crippen molar-refractivity contribution in [1.29, 1.82) is 5.26 Å². The number of aromatic nitrogens is 6. The molecule has 1 fully saturated rings. The van der Waals surface area contributed by atoms with Crippen LogP contribution in [0.25, 0.3) is 67.3 Å². The Hall–Kier alpha value is -6.34. The van der Waals surface area contributed by atoms with Crippen LogP contribution >= 0.6 is 8.53 Å². The molecule has 1 atom stereocenters. The number of imidazole rings is 3. The second kappa shape index (κ2) is 22.2. The van der Waals surface area contributed by atoms with Crippen LogP contribution in [-0.2, 0) is 9.05 Å². The molecule has 3 aromatic heterocycles. The molecule has 1 unspecified atom stereocenters. The van der Waals surface area contributed by atoms with Crippen LogP contribution in [0.15, 0.2) is 78.9 Å². The molecule has 0 amide bonds. The number of hydrogen-bond donors (Lipinski definition) is 0. The van der Waals surface area contributed by atoms with E-state index in [4.69, 9.17) is 34.0 Å². The molecule has 0 saturated carbocycles. The average molecular weight is 967 g/mol. The summed E-state index contributed by atoms with van der Waals surface area (Å²) in [5.41, 5.74) is 7.00. The number of nitriles is 1. The van der Waals surface area contributed by atoms with Gasteiger partial charge in [-0.05, 0) is 133 Å². The summed E-state index contributed by atoms with van der Waals surface area (Å²) in [6.07, 6.45) is 4.12. The van der Waals surface area contributed by atoms with Crippen molar-refractivity contribution in [2.45, 2.75) is 92.7 Å². The number of benzene rings is 4. The molecular formula is C53H63N10O6P. The van der Waals surface area contributed by atoms with E-state index in [9.17, 15) is 14.4 Å². The number of likely N-dealkylation sites (N-methyl/N-ethyl adjacent to an activating group) is 1. The number of rotatable bonds is 19. The first-order valence-electron chi connectivity index (χ1n) is 24.2. The molecule has 17 heteroatoms. The monoisotopic (exact) mass is 966 g/mol. The lowest BCUT2D eigenvalue weighted by Crippen LogP contribution is -2.44. The van der Waals surface area contributed by atoms with Gasteiger partial charge in [-0.3, -0.25) is 28.1 Å². The highest BCUT2D eigenvalue weighted by molar-refractivity contribution is 7.44. The third kappa shape index (κ3) is 10.8. The largest absolute Gasteiger partial charge is 0.494 e. The van der Waals surface area contributed by atoms with Crippen LogP contribution in [0.3, 0.4) is 0 Å². The van der Waals surface area contributed by atoms with Crippen LogP contribution in [0.2, 0.25) is 0 Å². The Kier molecular flexibility index (Phi) is 15.9. The number of unbranched alkanes of at least 4 members (excludes halogenated alkanes) is 3. The van der Waals surface area contributed by atoms with Crippen molar-refractivity contribution in [2.24, 2.45) is 0 Å². The minimum atomic E-state index is -1.23. The van der Waals surface area contributed by atoms with E-state index in [0.29, 0.717) is 76.9 Å². The van der Waals surface area contributed by atoms with Crippen molar-refractivity contribution in [1.82, 2.24) is 38.2 Å². The van der Waals surface area contributed by atoms with Gasteiger partial charge in [0.05, 0.1) is 65.4 Å². The molecule has 1 aliphatic rings. The summed E-state index contributed by atoms with van der Waals surface area (Å²) in [5, 5.41) is 8.97. The van der Waals surface area contributed by atoms with Gasteiger partial charge < -0.3 is 23.6 Å². The quantitative estimate of drug-likeness (QED) is 0.0556. The molecule has 8 rings (SSSR count). The van der Waals surface area contributed by atoms with E-state index in [1.165, 1.54) is 20.8 Å². The van der Waals surface area contributed by atoms with E-state index in [1.807, 2.05) is 66.7 Å². The van der Waals surface area contributed by atoms with Crippen LogP contribution in [0.5, 0.6) is 5.75 Å². The van der Waals surface area contributed by atoms with Gasteiger partial charge in [-0.1, -0.05) is 6.42 Å². The average Bonchev–Trinajstić information content (AvgIpc) is 4.04. The number of fused-ring (bicyclic) bond motifs is 3. The van der Waals surface area contributed by atoms with Gasteiger partial charge in [0, 0.05) is 81.4 Å². The van der Waals surface area contributed by atoms with Gasteiger partial charge >= 0.3 is 0 Å². The Balaban J connectivity index is 0.956. The van der Waals surface area contributed by atoms with Crippen molar-refractivity contribution >= 4 is 65.0 Å². The number of anilines is 1. The number of carbonyl (C=O) groups excluding carboxylic acids is 3. The molecule has 4 heterocycles. The van der Waals surface area contributed by atoms with Gasteiger partial charge in [0.25, 0.3) is 8.53 Å². The summed E-state index contributed by atoms with van der Waals surface area (Å²) in [4.78, 5) is 59.3. The molecular weight excluding hydrogens is 904 g/mol. The maximum atomic E-state index is 13.3. The van der Waals surface area contributed by atoms with Gasteiger partial charge in [-0.2, -0.15) is 5.26 Å². The third-order valence-corrected chi connectivity index (χ3v) is 14.7. The van der Waals surface area contributed by atoms with E-state index >= 15 is 0 Å². The number of nitrogens with zero attached hydrogens (tertiary/aromatic N) is 10. The maximum Gasteiger partial charge on any atom is 0.259 e. The lowest BCUT2D eigenvalue weighted by molar-refractivity contribution is 0.0934. The second-order valence-electron chi connectivity index (χ2n) is 18.4. The molecule has 0 N–H and O–H groups in total. The van der Waals surface area contributed by atoms with Crippen molar-refractivity contribution in [3.63, 3.8) is 0 Å². The predicted octanol–water partition coefficient (Wildman–Crippen LogP) is 10.7. The van der Waals surface area contributed by atoms with Gasteiger partial charge in [0.15, 0.2) is 0 Å². The van der Waals surface area contributed by atoms with Crippen molar-refractivity contribution in [3.8, 4) is 46.0 Å². The van der Waals surface area contributed by atoms with Crippen LogP contribution in [-0.4, -0.2) is 121 Å². The zero-order chi connectivity index (χ0) is 49.6. The lowest BCUT2D eigenvalue weighted by Gasteiger charge is -2.35. The highest BCUT2D eigenvalue weighted by Gasteiger charge is 2.27. The Morgan fingerprint density at radius 3 is 1.57 bits per heavy atom. The second-order valence-corrected chi connectivity index (χ2v) is 19.9. The minimum absolute atomic E-state index is 0.158. The van der Waals surface area contributed by atoms with E-state index < -0.39 is 8.53 Å². The molecule has 0 bridgehead atoms. The molecule has 366 valence electrons. The minimum Gasteiger partial charge on any atom is -0.494 e.